The van der Waals surface area contributed by atoms with Crippen LogP contribution in [0.4, 0.5) is 10.5 Å². The Morgan fingerprint density at radius 3 is 2.11 bits per heavy atom. The number of benzene rings is 1. The van der Waals surface area contributed by atoms with E-state index in [1.807, 2.05) is 0 Å². The number of nitrogens with zero attached hydrogens (tertiary/aromatic N) is 1. The molecule has 0 aromatic heterocycles. The molecule has 0 fully saturated rings. The summed E-state index contributed by atoms with van der Waals surface area (Å²) in [7, 11) is 1.49. The number of imide groups is 1. The normalized spacial score (nSPS) is 15.6. The number of hydrogen-bond donors (Lipinski definition) is 0. The number of rotatable bonds is 2. The van der Waals surface area contributed by atoms with E-state index < -0.39 is 29.2 Å². The third-order valence-electron chi connectivity index (χ3n) is 3.41. The molecule has 0 radical (unpaired) electrons. The van der Waals surface area contributed by atoms with Gasteiger partial charge in [-0.05, 0) is 59.7 Å². The summed E-state index contributed by atoms with van der Waals surface area (Å²) in [6.07, 6.45) is 0.280. The molecule has 2 rings (SSSR count). The lowest BCUT2D eigenvalue weighted by atomic mass is 10.1. The second kappa shape index (κ2) is 7.06. The molecule has 146 valence electrons. The summed E-state index contributed by atoms with van der Waals surface area (Å²) in [5, 5.41) is 0. The van der Waals surface area contributed by atoms with Crippen LogP contribution >= 0.6 is 0 Å². The quantitative estimate of drug-likeness (QED) is 0.579. The van der Waals surface area contributed by atoms with Crippen LogP contribution in [0, 0.1) is 0 Å². The van der Waals surface area contributed by atoms with Crippen LogP contribution in [0.1, 0.15) is 47.1 Å². The summed E-state index contributed by atoms with van der Waals surface area (Å²) in [4.78, 5) is 38.6. The van der Waals surface area contributed by atoms with Crippen molar-refractivity contribution in [1.82, 2.24) is 0 Å². The van der Waals surface area contributed by atoms with Gasteiger partial charge in [0.2, 0.25) is 0 Å². The molecule has 2 amide bonds. The van der Waals surface area contributed by atoms with Gasteiger partial charge in [0.1, 0.15) is 17.0 Å². The maximum atomic E-state index is 12.9. The zero-order chi connectivity index (χ0) is 20.6. The Morgan fingerprint density at radius 2 is 1.59 bits per heavy atom. The monoisotopic (exact) mass is 375 g/mol. The van der Waals surface area contributed by atoms with Gasteiger partial charge in [-0.2, -0.15) is 0 Å². The summed E-state index contributed by atoms with van der Waals surface area (Å²) < 4.78 is 15.8. The van der Waals surface area contributed by atoms with Gasteiger partial charge in [0, 0.05) is 11.6 Å². The van der Waals surface area contributed by atoms with Gasteiger partial charge >= 0.3 is 12.1 Å². The topological polar surface area (TPSA) is 82.1 Å². The fraction of sp³-hybridized carbons (Fsp3) is 0.450. The van der Waals surface area contributed by atoms with E-state index in [1.54, 1.807) is 59.7 Å². The molecule has 7 nitrogen and oxygen atoms in total. The lowest BCUT2D eigenvalue weighted by Gasteiger charge is -2.23. The first-order valence-electron chi connectivity index (χ1n) is 8.53. The minimum atomic E-state index is -0.813. The van der Waals surface area contributed by atoms with Crippen molar-refractivity contribution in [3.63, 3.8) is 0 Å². The second-order valence-electron chi connectivity index (χ2n) is 8.10. The number of anilines is 1. The second-order valence-corrected chi connectivity index (χ2v) is 8.10. The summed E-state index contributed by atoms with van der Waals surface area (Å²) in [6.45, 7) is 10.3. The van der Waals surface area contributed by atoms with Crippen LogP contribution in [0.2, 0.25) is 0 Å². The number of carbonyl (C=O) groups is 3. The van der Waals surface area contributed by atoms with E-state index in [1.165, 1.54) is 7.11 Å². The van der Waals surface area contributed by atoms with Gasteiger partial charge in [-0.1, -0.05) is 0 Å². The van der Waals surface area contributed by atoms with Crippen molar-refractivity contribution < 1.29 is 28.6 Å². The highest BCUT2D eigenvalue weighted by molar-refractivity contribution is 6.40. The van der Waals surface area contributed by atoms with Crippen LogP contribution in [0.15, 0.2) is 24.3 Å². The summed E-state index contributed by atoms with van der Waals surface area (Å²) in [5.74, 6) is -0.841. The number of hydrogen-bond acceptors (Lipinski definition) is 6. The molecule has 0 N–H and O–H groups in total. The Labute approximate surface area is 158 Å². The van der Waals surface area contributed by atoms with E-state index in [2.05, 4.69) is 0 Å². The minimum Gasteiger partial charge on any atom is -0.497 e. The van der Waals surface area contributed by atoms with Gasteiger partial charge in [-0.25, -0.2) is 14.5 Å². The molecule has 0 atom stereocenters. The fourth-order valence-electron chi connectivity index (χ4n) is 2.48. The minimum absolute atomic E-state index is 0.0454. The third kappa shape index (κ3) is 4.87. The molecule has 0 unspecified atom stereocenters. The molecule has 0 spiro atoms. The van der Waals surface area contributed by atoms with Gasteiger partial charge in [-0.15, -0.1) is 0 Å². The van der Waals surface area contributed by atoms with Gasteiger partial charge < -0.3 is 14.2 Å². The molecule has 1 aromatic rings. The highest BCUT2D eigenvalue weighted by Gasteiger charge is 2.40. The van der Waals surface area contributed by atoms with Crippen molar-refractivity contribution in [1.29, 1.82) is 0 Å². The molecule has 0 bridgehead atoms. The third-order valence-corrected chi connectivity index (χ3v) is 3.41. The molecular formula is C20H25NO6. The van der Waals surface area contributed by atoms with Crippen molar-refractivity contribution in [2.24, 2.45) is 0 Å². The number of fused-ring (bicyclic) bond motifs is 1. The van der Waals surface area contributed by atoms with Crippen molar-refractivity contribution >= 4 is 29.2 Å². The van der Waals surface area contributed by atoms with Crippen molar-refractivity contribution in [3.05, 3.63) is 29.8 Å². The fourth-order valence-corrected chi connectivity index (χ4v) is 2.48. The molecule has 1 aliphatic rings. The van der Waals surface area contributed by atoms with Gasteiger partial charge in [0.05, 0.1) is 18.4 Å². The predicted molar refractivity (Wildman–Crippen MR) is 101 cm³/mol. The highest BCUT2D eigenvalue weighted by Crippen LogP contribution is 2.39. The average Bonchev–Trinajstić information content (AvgIpc) is 2.75. The molecule has 27 heavy (non-hydrogen) atoms. The first-order valence-corrected chi connectivity index (χ1v) is 8.53. The van der Waals surface area contributed by atoms with E-state index in [0.29, 0.717) is 17.0 Å². The number of methoxy groups -OCH3 is 1. The SMILES string of the molecule is COc1ccc2c(c1)/C(=C\C(=O)OC(C)(C)C)C(=O)N2C(=O)OC(C)(C)C. The van der Waals surface area contributed by atoms with Crippen LogP contribution in [-0.2, 0) is 19.1 Å². The molecule has 1 heterocycles. The van der Waals surface area contributed by atoms with E-state index >= 15 is 0 Å². The lowest BCUT2D eigenvalue weighted by molar-refractivity contribution is -0.148. The highest BCUT2D eigenvalue weighted by atomic mass is 16.6. The Kier molecular flexibility index (Phi) is 5.35. The Bertz CT molecular complexity index is 811. The van der Waals surface area contributed by atoms with Crippen LogP contribution < -0.4 is 9.64 Å². The first kappa shape index (κ1) is 20.5. The summed E-state index contributed by atoms with van der Waals surface area (Å²) in [5.41, 5.74) is -0.718. The van der Waals surface area contributed by atoms with Gasteiger partial charge in [-0.3, -0.25) is 4.79 Å². The molecule has 7 heteroatoms. The number of carbonyl (C=O) groups excluding carboxylic acids is 3. The van der Waals surface area contributed by atoms with Gasteiger partial charge in [0.25, 0.3) is 5.91 Å². The van der Waals surface area contributed by atoms with Crippen LogP contribution in [0.3, 0.4) is 0 Å². The number of amides is 2. The molecule has 0 aliphatic carbocycles. The molecule has 0 saturated carbocycles. The summed E-state index contributed by atoms with van der Waals surface area (Å²) in [6, 6.07) is 4.79. The first-order chi connectivity index (χ1) is 12.3. The molecular weight excluding hydrogens is 350 g/mol. The Hall–Kier alpha value is -2.83. The van der Waals surface area contributed by atoms with Crippen LogP contribution in [0.25, 0.3) is 5.57 Å². The van der Waals surface area contributed by atoms with Crippen molar-refractivity contribution in [2.75, 3.05) is 12.0 Å². The van der Waals surface area contributed by atoms with Crippen molar-refractivity contribution in [3.8, 4) is 5.75 Å². The maximum Gasteiger partial charge on any atom is 0.422 e. The number of esters is 1. The van der Waals surface area contributed by atoms with Gasteiger partial charge in [0.15, 0.2) is 0 Å². The average molecular weight is 375 g/mol. The van der Waals surface area contributed by atoms with Crippen molar-refractivity contribution in [2.45, 2.75) is 52.7 Å². The standard InChI is InChI=1S/C20H25NO6/c1-19(2,3)26-16(22)11-14-13-10-12(25-7)8-9-15(13)21(17(14)23)18(24)27-20(4,5)6/h8-11H,1-7H3/b14-11+. The molecule has 0 saturated heterocycles. The summed E-state index contributed by atoms with van der Waals surface area (Å²) >= 11 is 0. The lowest BCUT2D eigenvalue weighted by Crippen LogP contribution is -2.38. The Morgan fingerprint density at radius 1 is 1.00 bits per heavy atom. The Balaban J connectivity index is 2.50. The van der Waals surface area contributed by atoms with Crippen LogP contribution in [0.5, 0.6) is 5.75 Å². The molecule has 1 aliphatic heterocycles. The zero-order valence-corrected chi connectivity index (χ0v) is 16.7. The smallest absolute Gasteiger partial charge is 0.422 e. The predicted octanol–water partition coefficient (Wildman–Crippen LogP) is 3.70. The van der Waals surface area contributed by atoms with E-state index in [4.69, 9.17) is 14.2 Å². The molecule has 1 aromatic carbocycles. The maximum absolute atomic E-state index is 12.9. The number of ether oxygens (including phenoxy) is 3. The largest absolute Gasteiger partial charge is 0.497 e. The zero-order valence-electron chi connectivity index (χ0n) is 16.7. The van der Waals surface area contributed by atoms with E-state index in [9.17, 15) is 14.4 Å². The van der Waals surface area contributed by atoms with E-state index in [0.717, 1.165) is 11.0 Å². The van der Waals surface area contributed by atoms with E-state index in [-0.39, 0.29) is 5.57 Å². The van der Waals surface area contributed by atoms with Crippen LogP contribution in [-0.4, -0.2) is 36.3 Å².